The molecular weight excluding hydrogens is 140 g/mol. The average molecular weight is 160 g/mol. The molecule has 0 aliphatic rings. The summed E-state index contributed by atoms with van der Waals surface area (Å²) in [5, 5.41) is 0.405. The Balaban J connectivity index is 4.28. The number of rotatable bonds is 3. The SMILES string of the molecule is CCC(C)(C)[Si](C)(C)OC. The molecular formula is C8H20OSi. The Kier molecular flexibility index (Phi) is 3.11. The van der Waals surface area contributed by atoms with Crippen LogP contribution < -0.4 is 0 Å². The molecule has 0 saturated carbocycles. The largest absolute Gasteiger partial charge is 0.420 e. The Morgan fingerprint density at radius 1 is 1.30 bits per heavy atom. The van der Waals surface area contributed by atoms with Crippen LogP contribution in [0.5, 0.6) is 0 Å². The molecule has 0 aromatic rings. The van der Waals surface area contributed by atoms with Crippen molar-refractivity contribution in [1.29, 1.82) is 0 Å². The summed E-state index contributed by atoms with van der Waals surface area (Å²) < 4.78 is 5.53. The van der Waals surface area contributed by atoms with Gasteiger partial charge >= 0.3 is 0 Å². The molecule has 0 atom stereocenters. The Labute approximate surface area is 65.9 Å². The molecule has 0 spiro atoms. The normalized spacial score (nSPS) is 13.8. The van der Waals surface area contributed by atoms with Crippen LogP contribution in [0.15, 0.2) is 0 Å². The highest BCUT2D eigenvalue weighted by Gasteiger charge is 2.38. The van der Waals surface area contributed by atoms with Gasteiger partial charge in [-0.2, -0.15) is 0 Å². The van der Waals surface area contributed by atoms with Gasteiger partial charge in [-0.05, 0) is 18.1 Å². The van der Waals surface area contributed by atoms with Gasteiger partial charge in [0.25, 0.3) is 0 Å². The van der Waals surface area contributed by atoms with Crippen LogP contribution in [0.4, 0.5) is 0 Å². The summed E-state index contributed by atoms with van der Waals surface area (Å²) in [4.78, 5) is 0. The molecule has 0 radical (unpaired) electrons. The van der Waals surface area contributed by atoms with Crippen molar-refractivity contribution in [3.8, 4) is 0 Å². The highest BCUT2D eigenvalue weighted by atomic mass is 28.4. The first kappa shape index (κ1) is 10.2. The van der Waals surface area contributed by atoms with Crippen LogP contribution >= 0.6 is 0 Å². The van der Waals surface area contributed by atoms with E-state index in [4.69, 9.17) is 4.43 Å². The van der Waals surface area contributed by atoms with Crippen molar-refractivity contribution in [2.24, 2.45) is 0 Å². The molecule has 62 valence electrons. The van der Waals surface area contributed by atoms with Crippen molar-refractivity contribution in [1.82, 2.24) is 0 Å². The minimum absolute atomic E-state index is 0.405. The van der Waals surface area contributed by atoms with E-state index in [1.54, 1.807) is 0 Å². The molecule has 0 saturated heterocycles. The molecule has 0 heterocycles. The van der Waals surface area contributed by atoms with Gasteiger partial charge in [-0.3, -0.25) is 0 Å². The summed E-state index contributed by atoms with van der Waals surface area (Å²) >= 11 is 0. The molecule has 0 aliphatic carbocycles. The van der Waals surface area contributed by atoms with Crippen LogP contribution in [-0.2, 0) is 4.43 Å². The van der Waals surface area contributed by atoms with Gasteiger partial charge in [-0.15, -0.1) is 0 Å². The van der Waals surface area contributed by atoms with Gasteiger partial charge in [-0.1, -0.05) is 27.2 Å². The van der Waals surface area contributed by atoms with Crippen molar-refractivity contribution in [2.45, 2.75) is 45.3 Å². The second kappa shape index (κ2) is 3.05. The topological polar surface area (TPSA) is 9.23 Å². The molecule has 10 heavy (non-hydrogen) atoms. The van der Waals surface area contributed by atoms with E-state index >= 15 is 0 Å². The third-order valence-electron chi connectivity index (χ3n) is 3.02. The summed E-state index contributed by atoms with van der Waals surface area (Å²) in [6, 6.07) is 0. The second-order valence-electron chi connectivity index (χ2n) is 3.95. The fourth-order valence-electron chi connectivity index (χ4n) is 0.702. The van der Waals surface area contributed by atoms with Crippen molar-refractivity contribution < 1.29 is 4.43 Å². The summed E-state index contributed by atoms with van der Waals surface area (Å²) in [6.07, 6.45) is 1.21. The summed E-state index contributed by atoms with van der Waals surface area (Å²) in [7, 11) is 0.432. The molecule has 1 nitrogen and oxygen atoms in total. The maximum Gasteiger partial charge on any atom is 0.191 e. The van der Waals surface area contributed by atoms with Crippen LogP contribution in [-0.4, -0.2) is 15.4 Å². The van der Waals surface area contributed by atoms with Crippen molar-refractivity contribution in [3.05, 3.63) is 0 Å². The molecule has 0 aromatic carbocycles. The standard InChI is InChI=1S/C8H20OSi/c1-7-8(2,3)10(5,6)9-4/h7H2,1-6H3. The van der Waals surface area contributed by atoms with Gasteiger partial charge in [0.05, 0.1) is 0 Å². The van der Waals surface area contributed by atoms with E-state index in [1.807, 2.05) is 7.11 Å². The van der Waals surface area contributed by atoms with Gasteiger partial charge < -0.3 is 4.43 Å². The lowest BCUT2D eigenvalue weighted by Gasteiger charge is -2.37. The zero-order valence-corrected chi connectivity index (χ0v) is 9.12. The van der Waals surface area contributed by atoms with Crippen LogP contribution in [0.1, 0.15) is 27.2 Å². The zero-order chi connectivity index (χ0) is 8.41. The predicted molar refractivity (Wildman–Crippen MR) is 48.8 cm³/mol. The van der Waals surface area contributed by atoms with E-state index in [0.29, 0.717) is 5.04 Å². The smallest absolute Gasteiger partial charge is 0.191 e. The van der Waals surface area contributed by atoms with E-state index in [2.05, 4.69) is 33.9 Å². The highest BCUT2D eigenvalue weighted by Crippen LogP contribution is 2.39. The minimum Gasteiger partial charge on any atom is -0.420 e. The van der Waals surface area contributed by atoms with Crippen LogP contribution in [0, 0.1) is 0 Å². The molecule has 0 N–H and O–H groups in total. The van der Waals surface area contributed by atoms with Crippen molar-refractivity contribution >= 4 is 8.32 Å². The highest BCUT2D eigenvalue weighted by molar-refractivity contribution is 6.74. The maximum atomic E-state index is 5.53. The van der Waals surface area contributed by atoms with Crippen LogP contribution in [0.25, 0.3) is 0 Å². The van der Waals surface area contributed by atoms with E-state index in [0.717, 1.165) is 0 Å². The van der Waals surface area contributed by atoms with Crippen LogP contribution in [0.3, 0.4) is 0 Å². The minimum atomic E-state index is -1.40. The lowest BCUT2D eigenvalue weighted by atomic mass is 10.1. The fraction of sp³-hybridized carbons (Fsp3) is 1.00. The van der Waals surface area contributed by atoms with E-state index in [1.165, 1.54) is 6.42 Å². The Hall–Kier alpha value is 0.177. The van der Waals surface area contributed by atoms with E-state index in [9.17, 15) is 0 Å². The summed E-state index contributed by atoms with van der Waals surface area (Å²) in [5.74, 6) is 0. The summed E-state index contributed by atoms with van der Waals surface area (Å²) in [5.41, 5.74) is 0. The molecule has 0 aromatic heterocycles. The number of hydrogen-bond donors (Lipinski definition) is 0. The van der Waals surface area contributed by atoms with Crippen molar-refractivity contribution in [3.63, 3.8) is 0 Å². The third-order valence-corrected chi connectivity index (χ3v) is 7.66. The maximum absolute atomic E-state index is 5.53. The molecule has 0 fully saturated rings. The third kappa shape index (κ3) is 1.83. The second-order valence-corrected chi connectivity index (χ2v) is 8.73. The van der Waals surface area contributed by atoms with Gasteiger partial charge in [0.2, 0.25) is 0 Å². The molecule has 0 aliphatic heterocycles. The van der Waals surface area contributed by atoms with Crippen molar-refractivity contribution in [2.75, 3.05) is 7.11 Å². The first-order valence-electron chi connectivity index (χ1n) is 3.92. The molecule has 0 rings (SSSR count). The number of hydrogen-bond acceptors (Lipinski definition) is 1. The Bertz CT molecular complexity index is 93.8. The lowest BCUT2D eigenvalue weighted by molar-refractivity contribution is 0.363. The quantitative estimate of drug-likeness (QED) is 0.577. The molecule has 0 amide bonds. The van der Waals surface area contributed by atoms with Gasteiger partial charge in [0, 0.05) is 7.11 Å². The first-order valence-corrected chi connectivity index (χ1v) is 6.83. The van der Waals surface area contributed by atoms with Crippen LogP contribution in [0.2, 0.25) is 18.1 Å². The summed E-state index contributed by atoms with van der Waals surface area (Å²) in [6.45, 7) is 11.4. The van der Waals surface area contributed by atoms with E-state index in [-0.39, 0.29) is 0 Å². The zero-order valence-electron chi connectivity index (χ0n) is 8.12. The molecule has 0 bridgehead atoms. The fourth-order valence-corrected chi connectivity index (χ4v) is 2.11. The van der Waals surface area contributed by atoms with Gasteiger partial charge in [0.1, 0.15) is 0 Å². The first-order chi connectivity index (χ1) is 4.37. The average Bonchev–Trinajstić information content (AvgIpc) is 1.88. The lowest BCUT2D eigenvalue weighted by Crippen LogP contribution is -2.40. The van der Waals surface area contributed by atoms with Gasteiger partial charge in [0.15, 0.2) is 8.32 Å². The Morgan fingerprint density at radius 2 is 1.70 bits per heavy atom. The Morgan fingerprint density at radius 3 is 1.80 bits per heavy atom. The van der Waals surface area contributed by atoms with E-state index < -0.39 is 8.32 Å². The molecule has 0 unspecified atom stereocenters. The molecule has 2 heteroatoms. The van der Waals surface area contributed by atoms with Gasteiger partial charge in [-0.25, -0.2) is 0 Å². The predicted octanol–water partition coefficient (Wildman–Crippen LogP) is 3.03. The monoisotopic (exact) mass is 160 g/mol.